The number of benzene rings is 1. The Labute approximate surface area is 156 Å². The van der Waals surface area contributed by atoms with Crippen LogP contribution in [-0.2, 0) is 14.8 Å². The van der Waals surface area contributed by atoms with Crippen LogP contribution in [0.5, 0.6) is 0 Å². The van der Waals surface area contributed by atoms with Crippen molar-refractivity contribution >= 4 is 34.0 Å². The molecule has 0 bridgehead atoms. The lowest BCUT2D eigenvalue weighted by Gasteiger charge is -2.28. The highest BCUT2D eigenvalue weighted by Crippen LogP contribution is 2.26. The van der Waals surface area contributed by atoms with Crippen molar-refractivity contribution in [3.05, 3.63) is 23.8 Å². The number of anilines is 1. The molecule has 1 fully saturated rings. The van der Waals surface area contributed by atoms with Crippen LogP contribution in [0.4, 0.5) is 5.69 Å². The zero-order valence-corrected chi connectivity index (χ0v) is 16.6. The van der Waals surface area contributed by atoms with Gasteiger partial charge in [0, 0.05) is 12.1 Å². The number of carbonyl (C=O) groups is 1. The maximum atomic E-state index is 12.4. The molecule has 1 amide bonds. The third kappa shape index (κ3) is 5.67. The van der Waals surface area contributed by atoms with E-state index in [1.165, 1.54) is 13.1 Å². The third-order valence-electron chi connectivity index (χ3n) is 4.81. The zero-order chi connectivity index (χ0) is 17.7. The molecule has 0 aromatic heterocycles. The maximum Gasteiger partial charge on any atom is 0.240 e. The number of carbonyl (C=O) groups excluding carboxylic acids is 1. The maximum absolute atomic E-state index is 12.4. The Hall–Kier alpha value is -1.15. The zero-order valence-electron chi connectivity index (χ0n) is 15.0. The highest BCUT2D eigenvalue weighted by Gasteiger charge is 2.23. The molecule has 2 rings (SSSR count). The van der Waals surface area contributed by atoms with E-state index >= 15 is 0 Å². The van der Waals surface area contributed by atoms with E-state index in [4.69, 9.17) is 0 Å². The molecule has 1 aliphatic rings. The molecule has 8 heteroatoms. The number of halogens is 1. The van der Waals surface area contributed by atoms with Crippen molar-refractivity contribution in [3.8, 4) is 0 Å². The van der Waals surface area contributed by atoms with E-state index in [2.05, 4.69) is 22.3 Å². The Bertz CT molecular complexity index is 688. The second-order valence-electron chi connectivity index (χ2n) is 6.45. The van der Waals surface area contributed by atoms with Gasteiger partial charge in [-0.15, -0.1) is 12.4 Å². The Morgan fingerprint density at radius 3 is 2.56 bits per heavy atom. The standard InChI is InChI=1S/C17H27N3O3S.ClH/c1-12(14-7-9-19-10-8-14)11-17(21)20-15-5-4-6-16(13(15)2)24(22,23)18-3;/h4-6,12,14,18-19H,7-11H2,1-3H3,(H,20,21);1H. The molecule has 1 unspecified atom stereocenters. The number of hydrogen-bond donors (Lipinski definition) is 3. The van der Waals surface area contributed by atoms with Crippen LogP contribution in [0.2, 0.25) is 0 Å². The summed E-state index contributed by atoms with van der Waals surface area (Å²) in [7, 11) is -2.16. The fraction of sp³-hybridized carbons (Fsp3) is 0.588. The first-order valence-corrected chi connectivity index (χ1v) is 9.87. The van der Waals surface area contributed by atoms with E-state index < -0.39 is 10.0 Å². The van der Waals surface area contributed by atoms with Gasteiger partial charge in [0.05, 0.1) is 4.90 Å². The topological polar surface area (TPSA) is 87.3 Å². The molecule has 0 saturated carbocycles. The molecule has 1 heterocycles. The van der Waals surface area contributed by atoms with Crippen molar-refractivity contribution in [2.45, 2.75) is 38.0 Å². The summed E-state index contributed by atoms with van der Waals surface area (Å²) in [6.45, 7) is 5.85. The second-order valence-corrected chi connectivity index (χ2v) is 8.31. The second kappa shape index (κ2) is 9.52. The molecular weight excluding hydrogens is 362 g/mol. The van der Waals surface area contributed by atoms with Gasteiger partial charge in [0.2, 0.25) is 15.9 Å². The first kappa shape index (κ1) is 21.9. The van der Waals surface area contributed by atoms with Crippen molar-refractivity contribution in [1.82, 2.24) is 10.0 Å². The van der Waals surface area contributed by atoms with Crippen LogP contribution in [-0.4, -0.2) is 34.5 Å². The highest BCUT2D eigenvalue weighted by atomic mass is 35.5. The quantitative estimate of drug-likeness (QED) is 0.696. The first-order valence-electron chi connectivity index (χ1n) is 8.39. The number of hydrogen-bond acceptors (Lipinski definition) is 4. The number of amides is 1. The van der Waals surface area contributed by atoms with E-state index in [-0.39, 0.29) is 23.2 Å². The molecule has 25 heavy (non-hydrogen) atoms. The van der Waals surface area contributed by atoms with Gasteiger partial charge in [0.1, 0.15) is 0 Å². The lowest BCUT2D eigenvalue weighted by Crippen LogP contribution is -2.32. The molecule has 1 saturated heterocycles. The van der Waals surface area contributed by atoms with Gasteiger partial charge in [-0.3, -0.25) is 4.79 Å². The Kier molecular flexibility index (Phi) is 8.34. The predicted molar refractivity (Wildman–Crippen MR) is 103 cm³/mol. The summed E-state index contributed by atoms with van der Waals surface area (Å²) in [6.07, 6.45) is 2.65. The van der Waals surface area contributed by atoms with E-state index in [0.717, 1.165) is 25.9 Å². The minimum absolute atomic E-state index is 0. The Balaban J connectivity index is 0.00000312. The van der Waals surface area contributed by atoms with Gasteiger partial charge in [-0.25, -0.2) is 13.1 Å². The summed E-state index contributed by atoms with van der Waals surface area (Å²) in [5.74, 6) is 0.814. The minimum atomic E-state index is -3.54. The summed E-state index contributed by atoms with van der Waals surface area (Å²) in [4.78, 5) is 12.5. The number of nitrogens with one attached hydrogen (secondary N) is 3. The average molecular weight is 390 g/mol. The fourth-order valence-electron chi connectivity index (χ4n) is 3.22. The van der Waals surface area contributed by atoms with Crippen molar-refractivity contribution in [1.29, 1.82) is 0 Å². The number of sulfonamides is 1. The molecule has 0 aliphatic carbocycles. The van der Waals surface area contributed by atoms with Crippen molar-refractivity contribution in [3.63, 3.8) is 0 Å². The van der Waals surface area contributed by atoms with Gasteiger partial charge in [-0.05, 0) is 69.4 Å². The average Bonchev–Trinajstić information content (AvgIpc) is 2.57. The lowest BCUT2D eigenvalue weighted by atomic mass is 9.84. The predicted octanol–water partition coefficient (Wildman–Crippen LogP) is 2.29. The fourth-order valence-corrected chi connectivity index (χ4v) is 4.22. The molecule has 6 nitrogen and oxygen atoms in total. The molecule has 0 spiro atoms. The van der Waals surface area contributed by atoms with Gasteiger partial charge >= 0.3 is 0 Å². The van der Waals surface area contributed by atoms with Gasteiger partial charge in [-0.1, -0.05) is 13.0 Å². The van der Waals surface area contributed by atoms with Gasteiger partial charge < -0.3 is 10.6 Å². The first-order chi connectivity index (χ1) is 11.3. The van der Waals surface area contributed by atoms with E-state index in [9.17, 15) is 13.2 Å². The van der Waals surface area contributed by atoms with Crippen LogP contribution >= 0.6 is 12.4 Å². The molecule has 1 aromatic carbocycles. The summed E-state index contributed by atoms with van der Waals surface area (Å²) in [6, 6.07) is 4.91. The van der Waals surface area contributed by atoms with Crippen LogP contribution in [0.1, 0.15) is 31.7 Å². The highest BCUT2D eigenvalue weighted by molar-refractivity contribution is 7.89. The lowest BCUT2D eigenvalue weighted by molar-refractivity contribution is -0.117. The molecule has 3 N–H and O–H groups in total. The SMILES string of the molecule is CNS(=O)(=O)c1cccc(NC(=O)CC(C)C2CCNCC2)c1C.Cl. The molecular formula is C17H28ClN3O3S. The summed E-state index contributed by atoms with van der Waals surface area (Å²) < 4.78 is 26.3. The molecule has 1 atom stereocenters. The van der Waals surface area contributed by atoms with Gasteiger partial charge in [0.25, 0.3) is 0 Å². The largest absolute Gasteiger partial charge is 0.326 e. The summed E-state index contributed by atoms with van der Waals surface area (Å²) in [5.41, 5.74) is 1.10. The molecule has 0 radical (unpaired) electrons. The van der Waals surface area contributed by atoms with Gasteiger partial charge in [0.15, 0.2) is 0 Å². The smallest absolute Gasteiger partial charge is 0.240 e. The van der Waals surface area contributed by atoms with Crippen molar-refractivity contribution in [2.24, 2.45) is 11.8 Å². The van der Waals surface area contributed by atoms with Crippen LogP contribution in [0.15, 0.2) is 23.1 Å². The number of piperidine rings is 1. The summed E-state index contributed by atoms with van der Waals surface area (Å²) in [5, 5.41) is 6.20. The van der Waals surface area contributed by atoms with E-state index in [1.807, 2.05) is 0 Å². The van der Waals surface area contributed by atoms with Crippen molar-refractivity contribution in [2.75, 3.05) is 25.5 Å². The monoisotopic (exact) mass is 389 g/mol. The third-order valence-corrected chi connectivity index (χ3v) is 6.37. The number of rotatable bonds is 6. The van der Waals surface area contributed by atoms with Crippen LogP contribution in [0, 0.1) is 18.8 Å². The van der Waals surface area contributed by atoms with E-state index in [0.29, 0.717) is 29.5 Å². The molecule has 142 valence electrons. The van der Waals surface area contributed by atoms with Crippen LogP contribution in [0.3, 0.4) is 0 Å². The van der Waals surface area contributed by atoms with Gasteiger partial charge in [-0.2, -0.15) is 0 Å². The summed E-state index contributed by atoms with van der Waals surface area (Å²) >= 11 is 0. The molecule has 1 aliphatic heterocycles. The van der Waals surface area contributed by atoms with Crippen LogP contribution in [0.25, 0.3) is 0 Å². The van der Waals surface area contributed by atoms with Crippen LogP contribution < -0.4 is 15.4 Å². The normalized spacial score (nSPS) is 16.8. The minimum Gasteiger partial charge on any atom is -0.326 e. The molecule has 1 aromatic rings. The van der Waals surface area contributed by atoms with Crippen molar-refractivity contribution < 1.29 is 13.2 Å². The Morgan fingerprint density at radius 2 is 1.96 bits per heavy atom. The van der Waals surface area contributed by atoms with E-state index in [1.54, 1.807) is 19.1 Å². The Morgan fingerprint density at radius 1 is 1.32 bits per heavy atom.